The molecule has 1 fully saturated rings. The van der Waals surface area contributed by atoms with Crippen LogP contribution >= 0.6 is 0 Å². The van der Waals surface area contributed by atoms with E-state index in [9.17, 15) is 0 Å². The zero-order valence-corrected chi connectivity index (χ0v) is 5.99. The van der Waals surface area contributed by atoms with Crippen molar-refractivity contribution in [2.75, 3.05) is 19.8 Å². The minimum Gasteiger partial charge on any atom is -0.394 e. The molecule has 3 heteroatoms. The second-order valence-electron chi connectivity index (χ2n) is 2.82. The van der Waals surface area contributed by atoms with Crippen molar-refractivity contribution in [2.24, 2.45) is 5.92 Å². The largest absolute Gasteiger partial charge is 0.394 e. The van der Waals surface area contributed by atoms with E-state index >= 15 is 0 Å². The maximum absolute atomic E-state index is 8.82. The number of aliphatic hydroxyl groups is 2. The highest BCUT2D eigenvalue weighted by Crippen LogP contribution is 2.28. The summed E-state index contributed by atoms with van der Waals surface area (Å²) in [5.74, 6) is 0.728. The molecule has 1 unspecified atom stereocenters. The van der Waals surface area contributed by atoms with E-state index in [2.05, 4.69) is 0 Å². The van der Waals surface area contributed by atoms with Gasteiger partial charge < -0.3 is 14.9 Å². The van der Waals surface area contributed by atoms with Crippen molar-refractivity contribution in [3.8, 4) is 0 Å². The Labute approximate surface area is 60.6 Å². The number of ether oxygens (including phenoxy) is 1. The fourth-order valence-electron chi connectivity index (χ4n) is 0.708. The van der Waals surface area contributed by atoms with Crippen molar-refractivity contribution in [3.63, 3.8) is 0 Å². The third-order valence-corrected chi connectivity index (χ3v) is 1.57. The standard InChI is InChI=1S/C7H14O3/c8-3-7(9)5-10-4-6-1-2-6/h6-9H,1-5H2. The predicted octanol–water partition coefficient (Wildman–Crippen LogP) is -0.234. The molecule has 0 radical (unpaired) electrons. The highest BCUT2D eigenvalue weighted by atomic mass is 16.5. The first-order valence-corrected chi connectivity index (χ1v) is 3.69. The molecule has 10 heavy (non-hydrogen) atoms. The minimum absolute atomic E-state index is 0.204. The summed E-state index contributed by atoms with van der Waals surface area (Å²) in [7, 11) is 0. The van der Waals surface area contributed by atoms with Crippen LogP contribution in [-0.4, -0.2) is 36.1 Å². The number of rotatable bonds is 5. The van der Waals surface area contributed by atoms with Crippen molar-refractivity contribution < 1.29 is 14.9 Å². The molecule has 3 nitrogen and oxygen atoms in total. The van der Waals surface area contributed by atoms with Crippen LogP contribution in [0, 0.1) is 5.92 Å². The van der Waals surface area contributed by atoms with Crippen molar-refractivity contribution in [2.45, 2.75) is 18.9 Å². The number of hydrogen-bond acceptors (Lipinski definition) is 3. The molecular formula is C7H14O3. The van der Waals surface area contributed by atoms with E-state index in [1.165, 1.54) is 12.8 Å². The second kappa shape index (κ2) is 3.91. The molecule has 1 rings (SSSR count). The van der Waals surface area contributed by atoms with Crippen molar-refractivity contribution in [1.82, 2.24) is 0 Å². The van der Waals surface area contributed by atoms with E-state index in [4.69, 9.17) is 14.9 Å². The molecule has 60 valence electrons. The Morgan fingerprint density at radius 1 is 1.50 bits per heavy atom. The van der Waals surface area contributed by atoms with E-state index in [1.807, 2.05) is 0 Å². The fraction of sp³-hybridized carbons (Fsp3) is 1.00. The molecule has 1 aliphatic rings. The van der Waals surface area contributed by atoms with E-state index in [1.54, 1.807) is 0 Å². The average molecular weight is 146 g/mol. The van der Waals surface area contributed by atoms with Gasteiger partial charge in [-0.3, -0.25) is 0 Å². The molecule has 2 N–H and O–H groups in total. The molecule has 0 saturated heterocycles. The zero-order valence-electron chi connectivity index (χ0n) is 5.99. The first-order valence-electron chi connectivity index (χ1n) is 3.69. The predicted molar refractivity (Wildman–Crippen MR) is 36.6 cm³/mol. The minimum atomic E-state index is -0.696. The molecule has 0 bridgehead atoms. The summed E-state index contributed by atoms with van der Waals surface area (Å²) in [4.78, 5) is 0. The van der Waals surface area contributed by atoms with Crippen LogP contribution in [0.15, 0.2) is 0 Å². The van der Waals surface area contributed by atoms with Crippen LogP contribution in [0.2, 0.25) is 0 Å². The fourth-order valence-corrected chi connectivity index (χ4v) is 0.708. The van der Waals surface area contributed by atoms with Gasteiger partial charge in [-0.15, -0.1) is 0 Å². The van der Waals surface area contributed by atoms with Gasteiger partial charge in [-0.25, -0.2) is 0 Å². The normalized spacial score (nSPS) is 21.0. The maximum atomic E-state index is 8.82. The molecule has 1 aliphatic carbocycles. The summed E-state index contributed by atoms with van der Waals surface area (Å²) in [5.41, 5.74) is 0. The average Bonchev–Trinajstić information content (AvgIpc) is 2.71. The summed E-state index contributed by atoms with van der Waals surface area (Å²) in [6.45, 7) is 0.814. The molecule has 0 aliphatic heterocycles. The summed E-state index contributed by atoms with van der Waals surface area (Å²) < 4.78 is 5.10. The Morgan fingerprint density at radius 3 is 2.70 bits per heavy atom. The van der Waals surface area contributed by atoms with Crippen LogP contribution in [-0.2, 0) is 4.74 Å². The SMILES string of the molecule is OCC(O)COCC1CC1. The van der Waals surface area contributed by atoms with Crippen molar-refractivity contribution >= 4 is 0 Å². The lowest BCUT2D eigenvalue weighted by Gasteiger charge is -2.06. The smallest absolute Gasteiger partial charge is 0.100 e. The van der Waals surface area contributed by atoms with Gasteiger partial charge in [0, 0.05) is 6.61 Å². The molecule has 0 aromatic heterocycles. The third kappa shape index (κ3) is 3.15. The Kier molecular flexibility index (Phi) is 3.12. The second-order valence-corrected chi connectivity index (χ2v) is 2.82. The summed E-state index contributed by atoms with van der Waals surface area (Å²) in [6.07, 6.45) is 1.82. The summed E-state index contributed by atoms with van der Waals surface area (Å²) in [6, 6.07) is 0. The molecule has 0 spiro atoms. The highest BCUT2D eigenvalue weighted by molar-refractivity contribution is 4.72. The van der Waals surface area contributed by atoms with Gasteiger partial charge in [0.15, 0.2) is 0 Å². The molecule has 1 saturated carbocycles. The van der Waals surface area contributed by atoms with Crippen molar-refractivity contribution in [3.05, 3.63) is 0 Å². The van der Waals surface area contributed by atoms with Gasteiger partial charge in [-0.2, -0.15) is 0 Å². The Balaban J connectivity index is 1.83. The molecule has 0 aromatic carbocycles. The topological polar surface area (TPSA) is 49.7 Å². The van der Waals surface area contributed by atoms with Gasteiger partial charge >= 0.3 is 0 Å². The summed E-state index contributed by atoms with van der Waals surface area (Å²) >= 11 is 0. The van der Waals surface area contributed by atoms with Gasteiger partial charge in [-0.1, -0.05) is 0 Å². The van der Waals surface area contributed by atoms with E-state index in [-0.39, 0.29) is 13.2 Å². The van der Waals surface area contributed by atoms with Gasteiger partial charge in [-0.05, 0) is 18.8 Å². The number of hydrogen-bond donors (Lipinski definition) is 2. The van der Waals surface area contributed by atoms with Gasteiger partial charge in [0.25, 0.3) is 0 Å². The lowest BCUT2D eigenvalue weighted by molar-refractivity contribution is 0.00314. The Bertz CT molecular complexity index is 90.9. The van der Waals surface area contributed by atoms with Crippen LogP contribution in [0.25, 0.3) is 0 Å². The highest BCUT2D eigenvalue weighted by Gasteiger charge is 2.21. The lowest BCUT2D eigenvalue weighted by Crippen LogP contribution is -2.19. The third-order valence-electron chi connectivity index (χ3n) is 1.57. The van der Waals surface area contributed by atoms with Crippen LogP contribution in [0.1, 0.15) is 12.8 Å². The van der Waals surface area contributed by atoms with E-state index in [0.29, 0.717) is 0 Å². The van der Waals surface area contributed by atoms with E-state index < -0.39 is 6.10 Å². The first kappa shape index (κ1) is 7.98. The quantitative estimate of drug-likeness (QED) is 0.563. The monoisotopic (exact) mass is 146 g/mol. The first-order chi connectivity index (χ1) is 4.83. The van der Waals surface area contributed by atoms with Crippen molar-refractivity contribution in [1.29, 1.82) is 0 Å². The molecular weight excluding hydrogens is 132 g/mol. The zero-order chi connectivity index (χ0) is 7.40. The summed E-state index contributed by atoms with van der Waals surface area (Å²) in [5, 5.41) is 17.2. The molecule has 0 aromatic rings. The number of aliphatic hydroxyl groups excluding tert-OH is 2. The van der Waals surface area contributed by atoms with Gasteiger partial charge in [0.2, 0.25) is 0 Å². The van der Waals surface area contributed by atoms with E-state index in [0.717, 1.165) is 12.5 Å². The van der Waals surface area contributed by atoms with Gasteiger partial charge in [0.1, 0.15) is 6.10 Å². The molecule has 1 atom stereocenters. The maximum Gasteiger partial charge on any atom is 0.100 e. The van der Waals surface area contributed by atoms with Crippen LogP contribution < -0.4 is 0 Å². The molecule has 0 heterocycles. The van der Waals surface area contributed by atoms with Crippen LogP contribution in [0.5, 0.6) is 0 Å². The Morgan fingerprint density at radius 2 is 2.20 bits per heavy atom. The van der Waals surface area contributed by atoms with Crippen LogP contribution in [0.4, 0.5) is 0 Å². The van der Waals surface area contributed by atoms with Crippen LogP contribution in [0.3, 0.4) is 0 Å². The Hall–Kier alpha value is -0.120. The molecule has 0 amide bonds. The lowest BCUT2D eigenvalue weighted by atomic mass is 10.4. The van der Waals surface area contributed by atoms with Gasteiger partial charge in [0.05, 0.1) is 13.2 Å².